The summed E-state index contributed by atoms with van der Waals surface area (Å²) in [5.74, 6) is -0.286. The van der Waals surface area contributed by atoms with Crippen LogP contribution in [-0.2, 0) is 0 Å². The van der Waals surface area contributed by atoms with Crippen molar-refractivity contribution in [1.29, 1.82) is 0 Å². The second-order valence-electron chi connectivity index (χ2n) is 4.49. The highest BCUT2D eigenvalue weighted by Gasteiger charge is 2.24. The Morgan fingerprint density at radius 1 is 1.50 bits per heavy atom. The Morgan fingerprint density at radius 2 is 2.12 bits per heavy atom. The topological polar surface area (TPSA) is 32.3 Å². The molecule has 1 unspecified atom stereocenters. The lowest BCUT2D eigenvalue weighted by molar-refractivity contribution is 0.0266. The number of nitrogens with one attached hydrogen (secondary N) is 1. The molecule has 0 saturated heterocycles. The molecule has 4 heteroatoms. The fraction of sp³-hybridized carbons (Fsp3) is 0.500. The highest BCUT2D eigenvalue weighted by Crippen LogP contribution is 2.22. The van der Waals surface area contributed by atoms with Crippen molar-refractivity contribution in [2.75, 3.05) is 11.9 Å². The van der Waals surface area contributed by atoms with Crippen molar-refractivity contribution in [2.24, 2.45) is 5.92 Å². The molecule has 1 aromatic carbocycles. The molecule has 0 fully saturated rings. The quantitative estimate of drug-likeness (QED) is 0.853. The van der Waals surface area contributed by atoms with Gasteiger partial charge in [-0.2, -0.15) is 0 Å². The zero-order valence-electron chi connectivity index (χ0n) is 9.72. The van der Waals surface area contributed by atoms with Crippen LogP contribution >= 0.6 is 11.6 Å². The second-order valence-corrected chi connectivity index (χ2v) is 4.93. The summed E-state index contributed by atoms with van der Waals surface area (Å²) in [6.07, 6.45) is 0. The Bertz CT molecular complexity index is 366. The van der Waals surface area contributed by atoms with Gasteiger partial charge in [0.2, 0.25) is 0 Å². The summed E-state index contributed by atoms with van der Waals surface area (Å²) in [6.45, 7) is 5.82. The van der Waals surface area contributed by atoms with E-state index < -0.39 is 5.60 Å². The average Bonchev–Trinajstić information content (AvgIpc) is 2.19. The fourth-order valence-corrected chi connectivity index (χ4v) is 1.28. The molecule has 0 spiro atoms. The van der Waals surface area contributed by atoms with Crippen LogP contribution in [0.1, 0.15) is 20.8 Å². The largest absolute Gasteiger partial charge is 0.388 e. The third-order valence-electron chi connectivity index (χ3n) is 2.81. The summed E-state index contributed by atoms with van der Waals surface area (Å²) in [5, 5.41) is 13.3. The van der Waals surface area contributed by atoms with Crippen LogP contribution in [0.5, 0.6) is 0 Å². The molecule has 90 valence electrons. The minimum absolute atomic E-state index is 0.0854. The molecule has 0 bridgehead atoms. The van der Waals surface area contributed by atoms with Crippen LogP contribution in [0, 0.1) is 11.7 Å². The summed E-state index contributed by atoms with van der Waals surface area (Å²) < 4.78 is 13.3. The molecule has 0 heterocycles. The Balaban J connectivity index is 2.71. The van der Waals surface area contributed by atoms with Crippen molar-refractivity contribution in [2.45, 2.75) is 26.4 Å². The Labute approximate surface area is 100 Å². The van der Waals surface area contributed by atoms with Crippen molar-refractivity contribution < 1.29 is 9.50 Å². The van der Waals surface area contributed by atoms with Gasteiger partial charge < -0.3 is 10.4 Å². The van der Waals surface area contributed by atoms with E-state index in [4.69, 9.17) is 11.6 Å². The van der Waals surface area contributed by atoms with Gasteiger partial charge in [0, 0.05) is 11.6 Å². The van der Waals surface area contributed by atoms with Crippen LogP contribution in [-0.4, -0.2) is 17.3 Å². The number of aliphatic hydroxyl groups is 1. The number of rotatable bonds is 4. The molecule has 2 nitrogen and oxygen atoms in total. The number of hydrogen-bond donors (Lipinski definition) is 2. The van der Waals surface area contributed by atoms with Crippen molar-refractivity contribution in [3.05, 3.63) is 29.0 Å². The second kappa shape index (κ2) is 5.02. The summed E-state index contributed by atoms with van der Waals surface area (Å²) in [6, 6.07) is 4.30. The zero-order chi connectivity index (χ0) is 12.3. The summed E-state index contributed by atoms with van der Waals surface area (Å²) >= 11 is 5.76. The van der Waals surface area contributed by atoms with E-state index in [1.54, 1.807) is 6.92 Å². The summed E-state index contributed by atoms with van der Waals surface area (Å²) in [5.41, 5.74) is -0.567. The normalized spacial score (nSPS) is 14.9. The van der Waals surface area contributed by atoms with Crippen molar-refractivity contribution >= 4 is 17.3 Å². The lowest BCUT2D eigenvalue weighted by Gasteiger charge is -2.28. The molecule has 2 N–H and O–H groups in total. The first-order valence-corrected chi connectivity index (χ1v) is 5.62. The maximum atomic E-state index is 13.3. The lowest BCUT2D eigenvalue weighted by atomic mass is 9.92. The molecule has 0 aliphatic rings. The number of benzene rings is 1. The minimum Gasteiger partial charge on any atom is -0.388 e. The molecule has 0 amide bonds. The SMILES string of the molecule is CC(C)C(C)(O)CNc1cc(Cl)ccc1F. The first kappa shape index (κ1) is 13.3. The van der Waals surface area contributed by atoms with E-state index in [9.17, 15) is 9.50 Å². The van der Waals surface area contributed by atoms with Gasteiger partial charge >= 0.3 is 0 Å². The van der Waals surface area contributed by atoms with Gasteiger partial charge in [-0.1, -0.05) is 25.4 Å². The maximum Gasteiger partial charge on any atom is 0.146 e. The molecule has 0 aliphatic carbocycles. The highest BCUT2D eigenvalue weighted by atomic mass is 35.5. The van der Waals surface area contributed by atoms with E-state index in [1.807, 2.05) is 13.8 Å². The third kappa shape index (κ3) is 3.35. The number of anilines is 1. The molecular formula is C12H17ClFNO. The van der Waals surface area contributed by atoms with Crippen molar-refractivity contribution in [1.82, 2.24) is 0 Å². The molecule has 0 radical (unpaired) electrons. The smallest absolute Gasteiger partial charge is 0.146 e. The van der Waals surface area contributed by atoms with Crippen molar-refractivity contribution in [3.63, 3.8) is 0 Å². The Hall–Kier alpha value is -0.800. The predicted molar refractivity (Wildman–Crippen MR) is 65.4 cm³/mol. The van der Waals surface area contributed by atoms with Crippen LogP contribution in [0.3, 0.4) is 0 Å². The van der Waals surface area contributed by atoms with Crippen LogP contribution in [0.25, 0.3) is 0 Å². The first-order valence-electron chi connectivity index (χ1n) is 5.24. The van der Waals surface area contributed by atoms with Gasteiger partial charge in [0.25, 0.3) is 0 Å². The molecule has 0 aliphatic heterocycles. The van der Waals surface area contributed by atoms with Crippen LogP contribution in [0.4, 0.5) is 10.1 Å². The summed E-state index contributed by atoms with van der Waals surface area (Å²) in [4.78, 5) is 0. The van der Waals surface area contributed by atoms with Gasteiger partial charge in [-0.15, -0.1) is 0 Å². The van der Waals surface area contributed by atoms with E-state index in [2.05, 4.69) is 5.32 Å². The summed E-state index contributed by atoms with van der Waals surface area (Å²) in [7, 11) is 0. The molecular weight excluding hydrogens is 229 g/mol. The van der Waals surface area contributed by atoms with Gasteiger partial charge in [-0.25, -0.2) is 4.39 Å². The number of halogens is 2. The Morgan fingerprint density at radius 3 is 2.69 bits per heavy atom. The van der Waals surface area contributed by atoms with Gasteiger partial charge in [-0.3, -0.25) is 0 Å². The van der Waals surface area contributed by atoms with E-state index in [1.165, 1.54) is 18.2 Å². The van der Waals surface area contributed by atoms with Gasteiger partial charge in [0.05, 0.1) is 11.3 Å². The van der Waals surface area contributed by atoms with Gasteiger partial charge in [0.15, 0.2) is 0 Å². The van der Waals surface area contributed by atoms with E-state index >= 15 is 0 Å². The Kier molecular flexibility index (Phi) is 4.16. The van der Waals surface area contributed by atoms with Gasteiger partial charge in [-0.05, 0) is 31.0 Å². The molecule has 0 saturated carbocycles. The molecule has 1 atom stereocenters. The van der Waals surface area contributed by atoms with Crippen LogP contribution in [0.15, 0.2) is 18.2 Å². The standard InChI is InChI=1S/C12H17ClFNO/c1-8(2)12(3,16)7-15-11-6-9(13)4-5-10(11)14/h4-6,8,15-16H,7H2,1-3H3. The fourth-order valence-electron chi connectivity index (χ4n) is 1.11. The zero-order valence-corrected chi connectivity index (χ0v) is 10.5. The van der Waals surface area contributed by atoms with Crippen LogP contribution in [0.2, 0.25) is 5.02 Å². The first-order chi connectivity index (χ1) is 7.33. The lowest BCUT2D eigenvalue weighted by Crippen LogP contribution is -2.38. The maximum absolute atomic E-state index is 13.3. The van der Waals surface area contributed by atoms with E-state index in [-0.39, 0.29) is 18.3 Å². The van der Waals surface area contributed by atoms with Crippen molar-refractivity contribution in [3.8, 4) is 0 Å². The minimum atomic E-state index is -0.880. The predicted octanol–water partition coefficient (Wildman–Crippen LogP) is 3.30. The molecule has 1 rings (SSSR count). The number of hydrogen-bond acceptors (Lipinski definition) is 2. The highest BCUT2D eigenvalue weighted by molar-refractivity contribution is 6.30. The molecule has 1 aromatic rings. The monoisotopic (exact) mass is 245 g/mol. The molecule has 16 heavy (non-hydrogen) atoms. The van der Waals surface area contributed by atoms with Gasteiger partial charge in [0.1, 0.15) is 5.82 Å². The van der Waals surface area contributed by atoms with E-state index in [0.717, 1.165) is 0 Å². The van der Waals surface area contributed by atoms with Crippen LogP contribution < -0.4 is 5.32 Å². The average molecular weight is 246 g/mol. The van der Waals surface area contributed by atoms with E-state index in [0.29, 0.717) is 10.7 Å². The third-order valence-corrected chi connectivity index (χ3v) is 3.04. The molecule has 0 aromatic heterocycles.